The molecule has 2 rings (SSSR count). The number of benzene rings is 1. The number of aromatic nitrogens is 3. The first kappa shape index (κ1) is 7.09. The fraction of sp³-hybridized carbons (Fsp3) is 0.250. The van der Waals surface area contributed by atoms with E-state index in [0.717, 1.165) is 17.6 Å². The molecule has 0 saturated heterocycles. The Bertz CT molecular complexity index is 379. The maximum Gasteiger partial charge on any atom is 0.115 e. The number of para-hydroxylation sites is 1. The summed E-state index contributed by atoms with van der Waals surface area (Å²) in [7, 11) is 0. The minimum atomic E-state index is 0.841. The lowest BCUT2D eigenvalue weighted by Gasteiger charge is -2.00. The van der Waals surface area contributed by atoms with Crippen molar-refractivity contribution >= 4 is 11.0 Å². The van der Waals surface area contributed by atoms with Gasteiger partial charge in [0.15, 0.2) is 0 Å². The third-order valence-corrected chi connectivity index (χ3v) is 1.66. The molecule has 0 saturated carbocycles. The van der Waals surface area contributed by atoms with Crippen LogP contribution in [-0.2, 0) is 0 Å². The third-order valence-electron chi connectivity index (χ3n) is 1.66. The molecule has 4 heteroatoms. The second-order valence-electron chi connectivity index (χ2n) is 2.50. The molecular weight excluding hydrogens is 152 g/mol. The van der Waals surface area contributed by atoms with Crippen molar-refractivity contribution in [1.29, 1.82) is 0 Å². The fourth-order valence-electron chi connectivity index (χ4n) is 1.14. The minimum Gasteiger partial charge on any atom is -0.308 e. The van der Waals surface area contributed by atoms with E-state index in [-0.39, 0.29) is 0 Å². The Morgan fingerprint density at radius 2 is 2.25 bits per heavy atom. The van der Waals surface area contributed by atoms with E-state index in [1.807, 2.05) is 31.2 Å². The van der Waals surface area contributed by atoms with Crippen LogP contribution in [0.25, 0.3) is 11.0 Å². The number of nitrogens with one attached hydrogen (secondary N) is 1. The van der Waals surface area contributed by atoms with Crippen molar-refractivity contribution in [2.75, 3.05) is 12.0 Å². The first-order valence-corrected chi connectivity index (χ1v) is 3.96. The molecule has 2 aromatic rings. The molecule has 1 aromatic heterocycles. The zero-order valence-corrected chi connectivity index (χ0v) is 6.86. The summed E-state index contributed by atoms with van der Waals surface area (Å²) in [5.41, 5.74) is 5.00. The van der Waals surface area contributed by atoms with E-state index in [1.54, 1.807) is 4.79 Å². The molecule has 4 nitrogen and oxygen atoms in total. The fourth-order valence-corrected chi connectivity index (χ4v) is 1.14. The van der Waals surface area contributed by atoms with Gasteiger partial charge in [-0.15, -0.1) is 5.10 Å². The van der Waals surface area contributed by atoms with Gasteiger partial charge in [-0.3, -0.25) is 0 Å². The molecule has 0 fully saturated rings. The lowest BCUT2D eigenvalue weighted by molar-refractivity contribution is 0.722. The number of fused-ring (bicyclic) bond motifs is 1. The van der Waals surface area contributed by atoms with Crippen LogP contribution in [0.1, 0.15) is 6.92 Å². The highest BCUT2D eigenvalue weighted by Gasteiger charge is 1.99. The van der Waals surface area contributed by atoms with Crippen molar-refractivity contribution in [1.82, 2.24) is 15.1 Å². The zero-order valence-electron chi connectivity index (χ0n) is 6.86. The van der Waals surface area contributed by atoms with Crippen molar-refractivity contribution in [3.8, 4) is 0 Å². The Morgan fingerprint density at radius 1 is 1.42 bits per heavy atom. The Kier molecular flexibility index (Phi) is 1.66. The molecule has 0 aliphatic carbocycles. The van der Waals surface area contributed by atoms with E-state index in [2.05, 4.69) is 15.7 Å². The molecule has 1 N–H and O–H groups in total. The van der Waals surface area contributed by atoms with Crippen molar-refractivity contribution in [2.45, 2.75) is 6.92 Å². The van der Waals surface area contributed by atoms with Crippen molar-refractivity contribution in [3.05, 3.63) is 24.3 Å². The number of hydrogen-bond acceptors (Lipinski definition) is 3. The SMILES string of the molecule is CCNn1nnc2ccccc21. The van der Waals surface area contributed by atoms with E-state index in [4.69, 9.17) is 0 Å². The Morgan fingerprint density at radius 3 is 3.08 bits per heavy atom. The quantitative estimate of drug-likeness (QED) is 0.716. The Labute approximate surface area is 70.2 Å². The largest absolute Gasteiger partial charge is 0.308 e. The van der Waals surface area contributed by atoms with Gasteiger partial charge in [-0.1, -0.05) is 12.1 Å². The maximum absolute atomic E-state index is 3.99. The minimum absolute atomic E-state index is 0.841. The Hall–Kier alpha value is -1.58. The third kappa shape index (κ3) is 1.01. The van der Waals surface area contributed by atoms with E-state index in [9.17, 15) is 0 Å². The molecular formula is C8H10N4. The highest BCUT2D eigenvalue weighted by Crippen LogP contribution is 2.07. The molecule has 12 heavy (non-hydrogen) atoms. The summed E-state index contributed by atoms with van der Waals surface area (Å²) >= 11 is 0. The van der Waals surface area contributed by atoms with Crippen molar-refractivity contribution in [3.63, 3.8) is 0 Å². The molecule has 1 aromatic carbocycles. The Balaban J connectivity index is 2.55. The van der Waals surface area contributed by atoms with Crippen LogP contribution in [0, 0.1) is 0 Å². The van der Waals surface area contributed by atoms with Crippen LogP contribution in [0.4, 0.5) is 0 Å². The molecule has 0 unspecified atom stereocenters. The summed E-state index contributed by atoms with van der Waals surface area (Å²) in [6.45, 7) is 2.86. The highest BCUT2D eigenvalue weighted by atomic mass is 15.6. The van der Waals surface area contributed by atoms with E-state index >= 15 is 0 Å². The van der Waals surface area contributed by atoms with E-state index in [1.165, 1.54) is 0 Å². The average molecular weight is 162 g/mol. The van der Waals surface area contributed by atoms with Crippen LogP contribution in [0.2, 0.25) is 0 Å². The van der Waals surface area contributed by atoms with Crippen LogP contribution in [0.3, 0.4) is 0 Å². The molecule has 0 aliphatic rings. The molecule has 1 heterocycles. The smallest absolute Gasteiger partial charge is 0.115 e. The summed E-state index contributed by atoms with van der Waals surface area (Å²) in [4.78, 5) is 1.69. The van der Waals surface area contributed by atoms with Gasteiger partial charge in [-0.2, -0.15) is 4.79 Å². The molecule has 0 aliphatic heterocycles. The molecule has 0 bridgehead atoms. The first-order valence-electron chi connectivity index (χ1n) is 3.96. The predicted octanol–water partition coefficient (Wildman–Crippen LogP) is 0.995. The van der Waals surface area contributed by atoms with Gasteiger partial charge in [-0.05, 0) is 24.3 Å². The van der Waals surface area contributed by atoms with Gasteiger partial charge in [0.25, 0.3) is 0 Å². The lowest BCUT2D eigenvalue weighted by atomic mass is 10.3. The topological polar surface area (TPSA) is 42.7 Å². The summed E-state index contributed by atoms with van der Waals surface area (Å²) in [5, 5.41) is 7.93. The van der Waals surface area contributed by atoms with Gasteiger partial charge in [0.1, 0.15) is 11.0 Å². The highest BCUT2D eigenvalue weighted by molar-refractivity contribution is 5.73. The summed E-state index contributed by atoms with van der Waals surface area (Å²) in [5.74, 6) is 0. The first-order chi connectivity index (χ1) is 5.92. The van der Waals surface area contributed by atoms with Gasteiger partial charge < -0.3 is 5.43 Å². The molecule has 0 amide bonds. The van der Waals surface area contributed by atoms with Gasteiger partial charge in [-0.25, -0.2) is 0 Å². The standard InChI is InChI=1S/C8H10N4/c1-2-9-12-8-6-4-3-5-7(8)10-11-12/h3-6,9H,2H2,1H3. The van der Waals surface area contributed by atoms with E-state index < -0.39 is 0 Å². The zero-order chi connectivity index (χ0) is 8.39. The molecule has 0 radical (unpaired) electrons. The normalized spacial score (nSPS) is 10.4. The van der Waals surface area contributed by atoms with Crippen LogP contribution in [0.15, 0.2) is 24.3 Å². The van der Waals surface area contributed by atoms with Crippen LogP contribution >= 0.6 is 0 Å². The average Bonchev–Trinajstić information content (AvgIpc) is 2.50. The van der Waals surface area contributed by atoms with Crippen molar-refractivity contribution in [2.24, 2.45) is 0 Å². The van der Waals surface area contributed by atoms with Gasteiger partial charge >= 0.3 is 0 Å². The van der Waals surface area contributed by atoms with E-state index in [0.29, 0.717) is 0 Å². The summed E-state index contributed by atoms with van der Waals surface area (Å²) in [6, 6.07) is 7.85. The monoisotopic (exact) mass is 162 g/mol. The summed E-state index contributed by atoms with van der Waals surface area (Å²) in [6.07, 6.45) is 0. The van der Waals surface area contributed by atoms with Gasteiger partial charge in [0.2, 0.25) is 0 Å². The number of rotatable bonds is 2. The van der Waals surface area contributed by atoms with Gasteiger partial charge in [0.05, 0.1) is 0 Å². The van der Waals surface area contributed by atoms with Crippen LogP contribution < -0.4 is 5.43 Å². The molecule has 0 spiro atoms. The second kappa shape index (κ2) is 2.81. The van der Waals surface area contributed by atoms with Crippen LogP contribution in [-0.4, -0.2) is 21.6 Å². The number of nitrogens with zero attached hydrogens (tertiary/aromatic N) is 3. The number of hydrogen-bond donors (Lipinski definition) is 1. The maximum atomic E-state index is 3.99. The molecule has 62 valence electrons. The second-order valence-corrected chi connectivity index (χ2v) is 2.50. The lowest BCUT2D eigenvalue weighted by Crippen LogP contribution is -2.15. The van der Waals surface area contributed by atoms with Gasteiger partial charge in [0, 0.05) is 6.54 Å². The predicted molar refractivity (Wildman–Crippen MR) is 47.4 cm³/mol. The summed E-state index contributed by atoms with van der Waals surface area (Å²) < 4.78 is 0. The molecule has 0 atom stereocenters. The van der Waals surface area contributed by atoms with Crippen LogP contribution in [0.5, 0.6) is 0 Å². The van der Waals surface area contributed by atoms with Crippen molar-refractivity contribution < 1.29 is 0 Å².